The summed E-state index contributed by atoms with van der Waals surface area (Å²) in [6, 6.07) is 4.49. The number of benzene rings is 1. The molecule has 0 fully saturated rings. The van der Waals surface area contributed by atoms with E-state index in [-0.39, 0.29) is 5.82 Å². The summed E-state index contributed by atoms with van der Waals surface area (Å²) in [5.41, 5.74) is 0.921. The zero-order valence-electron chi connectivity index (χ0n) is 15.4. The van der Waals surface area contributed by atoms with Crippen LogP contribution in [0.25, 0.3) is 0 Å². The minimum atomic E-state index is -0.314. The summed E-state index contributed by atoms with van der Waals surface area (Å²) in [4.78, 5) is 6.82. The van der Waals surface area contributed by atoms with Gasteiger partial charge in [0.2, 0.25) is 0 Å². The maximum atomic E-state index is 13.1. The van der Waals surface area contributed by atoms with Gasteiger partial charge >= 0.3 is 0 Å². The molecule has 1 rings (SSSR count). The van der Waals surface area contributed by atoms with Crippen molar-refractivity contribution in [3.05, 3.63) is 34.6 Å². The summed E-state index contributed by atoms with van der Waals surface area (Å²) in [5, 5.41) is 6.97. The molecule has 0 heterocycles. The van der Waals surface area contributed by atoms with Gasteiger partial charge in [-0.3, -0.25) is 4.99 Å². The minimum Gasteiger partial charge on any atom is -0.385 e. The first-order chi connectivity index (χ1) is 12.1. The Labute approximate surface area is 155 Å². The molecule has 0 aliphatic heterocycles. The first-order valence-corrected chi connectivity index (χ1v) is 9.08. The summed E-state index contributed by atoms with van der Waals surface area (Å²) < 4.78 is 18.1. The van der Waals surface area contributed by atoms with Gasteiger partial charge in [0.15, 0.2) is 5.96 Å². The third-order valence-electron chi connectivity index (χ3n) is 3.69. The largest absolute Gasteiger partial charge is 0.385 e. The van der Waals surface area contributed by atoms with Crippen molar-refractivity contribution in [1.29, 1.82) is 0 Å². The van der Waals surface area contributed by atoms with E-state index in [4.69, 9.17) is 16.3 Å². The molecular weight excluding hydrogens is 343 g/mol. The topological polar surface area (TPSA) is 48.9 Å². The average molecular weight is 373 g/mol. The number of guanidine groups is 1. The molecule has 5 nitrogen and oxygen atoms in total. The summed E-state index contributed by atoms with van der Waals surface area (Å²) in [5.74, 6) is 0.470. The molecule has 0 saturated carbocycles. The van der Waals surface area contributed by atoms with Crippen LogP contribution < -0.4 is 10.6 Å². The SMILES string of the molecule is CCNC(=NCCN(C)CCCOC)NCCc1ccc(F)cc1Cl. The monoisotopic (exact) mass is 372 g/mol. The Hall–Kier alpha value is -1.37. The van der Waals surface area contributed by atoms with Crippen LogP contribution in [-0.4, -0.2) is 64.3 Å². The number of aliphatic imine (C=N–C) groups is 1. The molecule has 0 aliphatic rings. The molecule has 0 radical (unpaired) electrons. The number of hydrogen-bond acceptors (Lipinski definition) is 3. The van der Waals surface area contributed by atoms with Crippen molar-refractivity contribution in [2.24, 2.45) is 4.99 Å². The number of methoxy groups -OCH3 is 1. The van der Waals surface area contributed by atoms with Crippen molar-refractivity contribution in [3.63, 3.8) is 0 Å². The van der Waals surface area contributed by atoms with Crippen LogP contribution in [-0.2, 0) is 11.2 Å². The molecule has 0 saturated heterocycles. The third-order valence-corrected chi connectivity index (χ3v) is 4.04. The summed E-state index contributed by atoms with van der Waals surface area (Å²) in [6.07, 6.45) is 1.73. The Morgan fingerprint density at radius 1 is 1.32 bits per heavy atom. The van der Waals surface area contributed by atoms with Gasteiger partial charge in [0.25, 0.3) is 0 Å². The second-order valence-corrected chi connectivity index (χ2v) is 6.23. The second kappa shape index (κ2) is 12.9. The number of hydrogen-bond donors (Lipinski definition) is 2. The lowest BCUT2D eigenvalue weighted by Crippen LogP contribution is -2.39. The Morgan fingerprint density at radius 3 is 2.80 bits per heavy atom. The van der Waals surface area contributed by atoms with Crippen LogP contribution in [0.3, 0.4) is 0 Å². The number of ether oxygens (including phenoxy) is 1. The molecule has 0 aliphatic carbocycles. The maximum absolute atomic E-state index is 13.1. The number of nitrogens with zero attached hydrogens (tertiary/aromatic N) is 2. The molecule has 0 amide bonds. The highest BCUT2D eigenvalue weighted by atomic mass is 35.5. The highest BCUT2D eigenvalue weighted by Crippen LogP contribution is 2.17. The molecule has 1 aromatic carbocycles. The van der Waals surface area contributed by atoms with Crippen molar-refractivity contribution in [1.82, 2.24) is 15.5 Å². The van der Waals surface area contributed by atoms with Crippen LogP contribution in [0, 0.1) is 5.82 Å². The van der Waals surface area contributed by atoms with E-state index in [9.17, 15) is 4.39 Å². The Bertz CT molecular complexity index is 528. The van der Waals surface area contributed by atoms with Crippen molar-refractivity contribution >= 4 is 17.6 Å². The van der Waals surface area contributed by atoms with E-state index in [0.29, 0.717) is 18.0 Å². The van der Waals surface area contributed by atoms with Gasteiger partial charge in [-0.25, -0.2) is 4.39 Å². The first-order valence-electron chi connectivity index (χ1n) is 8.70. The molecule has 25 heavy (non-hydrogen) atoms. The average Bonchev–Trinajstić information content (AvgIpc) is 2.57. The Balaban J connectivity index is 2.37. The van der Waals surface area contributed by atoms with E-state index in [1.807, 2.05) is 6.92 Å². The molecule has 0 bridgehead atoms. The lowest BCUT2D eigenvalue weighted by Gasteiger charge is -2.16. The normalized spacial score (nSPS) is 11.8. The molecule has 0 spiro atoms. The van der Waals surface area contributed by atoms with Gasteiger partial charge in [-0.05, 0) is 44.5 Å². The fraction of sp³-hybridized carbons (Fsp3) is 0.611. The van der Waals surface area contributed by atoms with E-state index in [1.54, 1.807) is 13.2 Å². The second-order valence-electron chi connectivity index (χ2n) is 5.82. The summed E-state index contributed by atoms with van der Waals surface area (Å²) in [7, 11) is 3.81. The van der Waals surface area contributed by atoms with Crippen LogP contribution in [0.15, 0.2) is 23.2 Å². The van der Waals surface area contributed by atoms with Gasteiger partial charge in [0.05, 0.1) is 6.54 Å². The molecule has 1 aromatic rings. The van der Waals surface area contributed by atoms with Crippen LogP contribution in [0.5, 0.6) is 0 Å². The molecule has 0 atom stereocenters. The maximum Gasteiger partial charge on any atom is 0.191 e. The number of halogens is 2. The molecule has 7 heteroatoms. The van der Waals surface area contributed by atoms with Gasteiger partial charge in [-0.2, -0.15) is 0 Å². The first kappa shape index (κ1) is 21.7. The lowest BCUT2D eigenvalue weighted by atomic mass is 10.1. The quantitative estimate of drug-likeness (QED) is 0.356. The van der Waals surface area contributed by atoms with Gasteiger partial charge in [0, 0.05) is 44.9 Å². The lowest BCUT2D eigenvalue weighted by molar-refractivity contribution is 0.180. The highest BCUT2D eigenvalue weighted by Gasteiger charge is 2.03. The zero-order chi connectivity index (χ0) is 18.5. The standard InChI is InChI=1S/C18H30ClFN4O/c1-4-21-18(23-10-12-24(2)11-5-13-25-3)22-9-8-15-6-7-16(20)14-17(15)19/h6-7,14H,4-5,8-13H2,1-3H3,(H2,21,22,23). The predicted octanol–water partition coefficient (Wildman–Crippen LogP) is 2.55. The van der Waals surface area contributed by atoms with Gasteiger partial charge in [0.1, 0.15) is 5.82 Å². The van der Waals surface area contributed by atoms with Gasteiger partial charge in [-0.1, -0.05) is 17.7 Å². The van der Waals surface area contributed by atoms with Crippen LogP contribution in [0.4, 0.5) is 4.39 Å². The van der Waals surface area contributed by atoms with E-state index >= 15 is 0 Å². The molecule has 142 valence electrons. The highest BCUT2D eigenvalue weighted by molar-refractivity contribution is 6.31. The van der Waals surface area contributed by atoms with E-state index in [2.05, 4.69) is 27.6 Å². The van der Waals surface area contributed by atoms with E-state index < -0.39 is 0 Å². The third kappa shape index (κ3) is 9.63. The molecular formula is C18H30ClFN4O. The summed E-state index contributed by atoms with van der Waals surface area (Å²) >= 11 is 6.05. The molecule has 0 unspecified atom stereocenters. The van der Waals surface area contributed by atoms with Gasteiger partial charge < -0.3 is 20.3 Å². The molecule has 0 aromatic heterocycles. The minimum absolute atomic E-state index is 0.314. The smallest absolute Gasteiger partial charge is 0.191 e. The Morgan fingerprint density at radius 2 is 2.12 bits per heavy atom. The van der Waals surface area contributed by atoms with Crippen molar-refractivity contribution < 1.29 is 9.13 Å². The number of likely N-dealkylation sites (N-methyl/N-ethyl adjacent to an activating group) is 1. The van der Waals surface area contributed by atoms with Crippen LogP contribution in [0.2, 0.25) is 5.02 Å². The van der Waals surface area contributed by atoms with Crippen LogP contribution in [0.1, 0.15) is 18.9 Å². The Kier molecular flexibility index (Phi) is 11.2. The zero-order valence-corrected chi connectivity index (χ0v) is 16.2. The van der Waals surface area contributed by atoms with Gasteiger partial charge in [-0.15, -0.1) is 0 Å². The number of rotatable bonds is 11. The fourth-order valence-corrected chi connectivity index (χ4v) is 2.57. The number of nitrogens with one attached hydrogen (secondary N) is 2. The van der Waals surface area contributed by atoms with Crippen molar-refractivity contribution in [3.8, 4) is 0 Å². The van der Waals surface area contributed by atoms with E-state index in [1.165, 1.54) is 12.1 Å². The van der Waals surface area contributed by atoms with E-state index in [0.717, 1.165) is 50.7 Å². The molecule has 2 N–H and O–H groups in total. The van der Waals surface area contributed by atoms with Crippen LogP contribution >= 0.6 is 11.6 Å². The van der Waals surface area contributed by atoms with Crippen molar-refractivity contribution in [2.75, 3.05) is 53.5 Å². The van der Waals surface area contributed by atoms with Crippen molar-refractivity contribution in [2.45, 2.75) is 19.8 Å². The predicted molar refractivity (Wildman–Crippen MR) is 103 cm³/mol. The summed E-state index contributed by atoms with van der Waals surface area (Å²) in [6.45, 7) is 6.90. The fourth-order valence-electron chi connectivity index (χ4n) is 2.30.